The Hall–Kier alpha value is -2.12. The van der Waals surface area contributed by atoms with Crippen LogP contribution in [0.4, 0.5) is 0 Å². The highest BCUT2D eigenvalue weighted by Gasteiger charge is 2.13. The third-order valence-corrected chi connectivity index (χ3v) is 5.99. The molecule has 3 rings (SSSR count). The number of hydrogen-bond donors (Lipinski definition) is 2. The molecule has 27 heavy (non-hydrogen) atoms. The van der Waals surface area contributed by atoms with Crippen LogP contribution < -0.4 is 10.9 Å². The number of nitrogens with one attached hydrogen (secondary N) is 2. The minimum absolute atomic E-state index is 0.0202. The van der Waals surface area contributed by atoms with Crippen molar-refractivity contribution >= 4 is 39.2 Å². The molecule has 0 aliphatic heterocycles. The van der Waals surface area contributed by atoms with Gasteiger partial charge in [-0.05, 0) is 18.9 Å². The van der Waals surface area contributed by atoms with Crippen LogP contribution in [0, 0.1) is 0 Å². The molecule has 0 radical (unpaired) electrons. The molecule has 1 amide bonds. The molecule has 5 nitrogen and oxygen atoms in total. The van der Waals surface area contributed by atoms with Crippen molar-refractivity contribution in [2.24, 2.45) is 0 Å². The summed E-state index contributed by atoms with van der Waals surface area (Å²) in [6.07, 6.45) is 2.02. The second-order valence-electron chi connectivity index (χ2n) is 6.46. The van der Waals surface area contributed by atoms with Gasteiger partial charge in [0.15, 0.2) is 0 Å². The summed E-state index contributed by atoms with van der Waals surface area (Å²) in [7, 11) is 0. The fourth-order valence-electron chi connectivity index (χ4n) is 2.95. The molecular weight excluding hydrogens is 378 g/mol. The van der Waals surface area contributed by atoms with Crippen molar-refractivity contribution in [3.05, 3.63) is 51.9 Å². The van der Waals surface area contributed by atoms with E-state index in [1.165, 1.54) is 23.1 Å². The summed E-state index contributed by atoms with van der Waals surface area (Å²) in [6.45, 7) is 4.11. The summed E-state index contributed by atoms with van der Waals surface area (Å²) < 4.78 is 0. The van der Waals surface area contributed by atoms with Gasteiger partial charge in [-0.2, -0.15) is 0 Å². The Morgan fingerprint density at radius 2 is 2.11 bits per heavy atom. The number of benzene rings is 1. The van der Waals surface area contributed by atoms with Gasteiger partial charge in [-0.15, -0.1) is 23.1 Å². The van der Waals surface area contributed by atoms with Gasteiger partial charge in [0.05, 0.1) is 16.9 Å². The van der Waals surface area contributed by atoms with Crippen LogP contribution in [0.15, 0.2) is 40.5 Å². The summed E-state index contributed by atoms with van der Waals surface area (Å²) in [6, 6.07) is 10.0. The summed E-state index contributed by atoms with van der Waals surface area (Å²) in [4.78, 5) is 32.7. The van der Waals surface area contributed by atoms with Crippen molar-refractivity contribution < 1.29 is 4.79 Å². The van der Waals surface area contributed by atoms with E-state index in [9.17, 15) is 9.59 Å². The molecule has 0 aliphatic rings. The molecule has 1 atom stereocenters. The Balaban J connectivity index is 1.67. The molecular formula is C20H23N3O2S2. The van der Waals surface area contributed by atoms with Crippen LogP contribution >= 0.6 is 23.1 Å². The highest BCUT2D eigenvalue weighted by Crippen LogP contribution is 2.30. The number of rotatable bonds is 8. The quantitative estimate of drug-likeness (QED) is 0.593. The number of aromatic nitrogens is 2. The SMILES string of the molecule is CCCC(C)NC(=O)CSCc1nc2scc(-c3ccccc3)c2c(=O)[nH]1. The number of hydrogen-bond acceptors (Lipinski definition) is 5. The van der Waals surface area contributed by atoms with Crippen molar-refractivity contribution in [1.82, 2.24) is 15.3 Å². The fourth-order valence-corrected chi connectivity index (χ4v) is 4.62. The highest BCUT2D eigenvalue weighted by molar-refractivity contribution is 7.99. The van der Waals surface area contributed by atoms with Crippen molar-refractivity contribution in [3.8, 4) is 11.1 Å². The van der Waals surface area contributed by atoms with E-state index in [0.29, 0.717) is 22.7 Å². The minimum atomic E-state index is -0.128. The second-order valence-corrected chi connectivity index (χ2v) is 8.30. The monoisotopic (exact) mass is 401 g/mol. The largest absolute Gasteiger partial charge is 0.353 e. The molecule has 1 unspecified atom stereocenters. The maximum Gasteiger partial charge on any atom is 0.260 e. The van der Waals surface area contributed by atoms with Crippen LogP contribution in [-0.2, 0) is 10.5 Å². The molecule has 0 saturated heterocycles. The molecule has 3 aromatic rings. The predicted octanol–water partition coefficient (Wildman–Crippen LogP) is 4.19. The van der Waals surface area contributed by atoms with Gasteiger partial charge < -0.3 is 10.3 Å². The smallest absolute Gasteiger partial charge is 0.260 e. The zero-order chi connectivity index (χ0) is 19.2. The average molecular weight is 402 g/mol. The fraction of sp³-hybridized carbons (Fsp3) is 0.350. The van der Waals surface area contributed by atoms with Gasteiger partial charge in [-0.1, -0.05) is 43.7 Å². The first-order valence-corrected chi connectivity index (χ1v) is 11.0. The van der Waals surface area contributed by atoms with Gasteiger partial charge in [-0.3, -0.25) is 9.59 Å². The number of amides is 1. The van der Waals surface area contributed by atoms with Gasteiger partial charge in [0.2, 0.25) is 5.91 Å². The third-order valence-electron chi connectivity index (χ3n) is 4.18. The van der Waals surface area contributed by atoms with Crippen molar-refractivity contribution in [2.75, 3.05) is 5.75 Å². The Bertz CT molecular complexity index is 966. The van der Waals surface area contributed by atoms with E-state index in [-0.39, 0.29) is 17.5 Å². The van der Waals surface area contributed by atoms with Crippen LogP contribution in [-0.4, -0.2) is 27.7 Å². The van der Waals surface area contributed by atoms with E-state index in [0.717, 1.165) is 28.8 Å². The molecule has 0 saturated carbocycles. The summed E-state index contributed by atoms with van der Waals surface area (Å²) >= 11 is 2.93. The first-order chi connectivity index (χ1) is 13.1. The number of carbonyl (C=O) groups is 1. The van der Waals surface area contributed by atoms with Crippen LogP contribution in [0.3, 0.4) is 0 Å². The third kappa shape index (κ3) is 4.99. The summed E-state index contributed by atoms with van der Waals surface area (Å²) in [5, 5.41) is 5.58. The van der Waals surface area contributed by atoms with Crippen molar-refractivity contribution in [3.63, 3.8) is 0 Å². The lowest BCUT2D eigenvalue weighted by molar-refractivity contribution is -0.119. The lowest BCUT2D eigenvalue weighted by atomic mass is 10.1. The minimum Gasteiger partial charge on any atom is -0.353 e. The maximum absolute atomic E-state index is 12.6. The van der Waals surface area contributed by atoms with Gasteiger partial charge in [0.1, 0.15) is 10.7 Å². The topological polar surface area (TPSA) is 74.8 Å². The van der Waals surface area contributed by atoms with Gasteiger partial charge >= 0.3 is 0 Å². The first kappa shape index (κ1) is 19.6. The standard InChI is InChI=1S/C20H23N3O2S2/c1-3-7-13(2)21-17(24)12-26-11-16-22-19(25)18-15(10-27-20(18)23-16)14-8-5-4-6-9-14/h4-6,8-10,13H,3,7,11-12H2,1-2H3,(H,21,24)(H,22,23,25). The number of aromatic amines is 1. The molecule has 0 bridgehead atoms. The van der Waals surface area contributed by atoms with E-state index >= 15 is 0 Å². The summed E-state index contributed by atoms with van der Waals surface area (Å²) in [5.74, 6) is 1.48. The average Bonchev–Trinajstić information content (AvgIpc) is 3.07. The molecule has 0 fully saturated rings. The van der Waals surface area contributed by atoms with E-state index < -0.39 is 0 Å². The van der Waals surface area contributed by atoms with E-state index in [4.69, 9.17) is 0 Å². The first-order valence-electron chi connectivity index (χ1n) is 9.01. The van der Waals surface area contributed by atoms with Crippen molar-refractivity contribution in [1.29, 1.82) is 0 Å². The molecule has 142 valence electrons. The number of H-pyrrole nitrogens is 1. The molecule has 2 N–H and O–H groups in total. The van der Waals surface area contributed by atoms with Crippen LogP contribution in [0.25, 0.3) is 21.3 Å². The van der Waals surface area contributed by atoms with Gasteiger partial charge in [-0.25, -0.2) is 4.98 Å². The number of nitrogens with zero attached hydrogens (tertiary/aromatic N) is 1. The molecule has 0 aliphatic carbocycles. The van der Waals surface area contributed by atoms with Gasteiger partial charge in [0, 0.05) is 17.0 Å². The van der Waals surface area contributed by atoms with E-state index in [2.05, 4.69) is 22.2 Å². The molecule has 7 heteroatoms. The molecule has 1 aromatic carbocycles. The zero-order valence-electron chi connectivity index (χ0n) is 15.5. The number of carbonyl (C=O) groups excluding carboxylic acids is 1. The van der Waals surface area contributed by atoms with Crippen molar-refractivity contribution in [2.45, 2.75) is 38.5 Å². The molecule has 0 spiro atoms. The highest BCUT2D eigenvalue weighted by atomic mass is 32.2. The Labute approximate surface area is 166 Å². The summed E-state index contributed by atoms with van der Waals surface area (Å²) in [5.41, 5.74) is 1.79. The molecule has 2 heterocycles. The predicted molar refractivity (Wildman–Crippen MR) is 114 cm³/mol. The Kier molecular flexibility index (Phi) is 6.68. The Morgan fingerprint density at radius 1 is 1.33 bits per heavy atom. The van der Waals surface area contributed by atoms with E-state index in [1.807, 2.05) is 42.6 Å². The lowest BCUT2D eigenvalue weighted by Gasteiger charge is -2.12. The van der Waals surface area contributed by atoms with Gasteiger partial charge in [0.25, 0.3) is 5.56 Å². The zero-order valence-corrected chi connectivity index (χ0v) is 17.1. The van der Waals surface area contributed by atoms with Crippen LogP contribution in [0.2, 0.25) is 0 Å². The Morgan fingerprint density at radius 3 is 2.85 bits per heavy atom. The normalized spacial score (nSPS) is 12.2. The number of thiophene rings is 1. The molecule has 2 aromatic heterocycles. The van der Waals surface area contributed by atoms with E-state index in [1.54, 1.807) is 0 Å². The van der Waals surface area contributed by atoms with Crippen LogP contribution in [0.1, 0.15) is 32.5 Å². The van der Waals surface area contributed by atoms with Crippen LogP contribution in [0.5, 0.6) is 0 Å². The number of thioether (sulfide) groups is 1. The number of fused-ring (bicyclic) bond motifs is 1. The maximum atomic E-state index is 12.6. The lowest BCUT2D eigenvalue weighted by Crippen LogP contribution is -2.33. The second kappa shape index (κ2) is 9.19.